The first kappa shape index (κ1) is 30.7. The maximum atomic E-state index is 10.2. The third-order valence-corrected chi connectivity index (χ3v) is 8.45. The van der Waals surface area contributed by atoms with Crippen LogP contribution in [0, 0.1) is 0 Å². The number of rotatable bonds is 10. The number of halogens is 1. The van der Waals surface area contributed by atoms with Crippen LogP contribution in [0.15, 0.2) is 52.3 Å². The molecule has 9 nitrogen and oxygen atoms in total. The van der Waals surface area contributed by atoms with Crippen LogP contribution in [0.2, 0.25) is 5.02 Å². The van der Waals surface area contributed by atoms with E-state index >= 15 is 0 Å². The summed E-state index contributed by atoms with van der Waals surface area (Å²) in [6, 6.07) is 14.8. The van der Waals surface area contributed by atoms with E-state index in [0.29, 0.717) is 0 Å². The average Bonchev–Trinajstić information content (AvgIpc) is 2.87. The van der Waals surface area contributed by atoms with Crippen molar-refractivity contribution in [3.05, 3.63) is 47.5 Å². The molecule has 0 bridgehead atoms. The Balaban J connectivity index is 0.000000310. The molecule has 0 aliphatic carbocycles. The minimum Gasteiger partial charge on any atom is -0.395 e. The Labute approximate surface area is 234 Å². The summed E-state index contributed by atoms with van der Waals surface area (Å²) in [5.41, 5.74) is 2.50. The molecule has 0 atom stereocenters. The number of para-hydroxylation sites is 1. The summed E-state index contributed by atoms with van der Waals surface area (Å²) in [6.07, 6.45) is 1.35. The van der Waals surface area contributed by atoms with Crippen molar-refractivity contribution in [2.75, 3.05) is 69.6 Å². The average molecular weight is 585 g/mol. The Morgan fingerprint density at radius 2 is 1.63 bits per heavy atom. The van der Waals surface area contributed by atoms with E-state index in [-0.39, 0.29) is 31.2 Å². The maximum absolute atomic E-state index is 10.2. The number of nitrogens with zero attached hydrogens (tertiary/aromatic N) is 3. The van der Waals surface area contributed by atoms with Crippen molar-refractivity contribution in [1.29, 1.82) is 0 Å². The molecule has 4 rings (SSSR count). The van der Waals surface area contributed by atoms with Crippen LogP contribution in [0.25, 0.3) is 0 Å². The second-order valence-electron chi connectivity index (χ2n) is 9.22. The molecule has 12 heteroatoms. The second kappa shape index (κ2) is 15.1. The molecule has 0 saturated carbocycles. The number of β-amino-alcohol motifs (C(OH)–C–C–N with tert-alkyl or cyclic N) is 1. The Kier molecular flexibility index (Phi) is 12.2. The summed E-state index contributed by atoms with van der Waals surface area (Å²) < 4.78 is 28.5. The summed E-state index contributed by atoms with van der Waals surface area (Å²) in [6.45, 7) is 9.06. The lowest BCUT2D eigenvalue weighted by molar-refractivity contribution is -0.118. The summed E-state index contributed by atoms with van der Waals surface area (Å²) in [5, 5.41) is 12.3. The summed E-state index contributed by atoms with van der Waals surface area (Å²) in [7, 11) is -3.87. The van der Waals surface area contributed by atoms with Crippen molar-refractivity contribution in [3.8, 4) is 0 Å². The number of carbonyl (C=O) groups excluding carboxylic acids is 1. The zero-order valence-corrected chi connectivity index (χ0v) is 24.1. The summed E-state index contributed by atoms with van der Waals surface area (Å²) in [5.74, 6) is -0.520. The van der Waals surface area contributed by atoms with Gasteiger partial charge in [-0.05, 0) is 49.7 Å². The number of aliphatic hydroxyl groups excluding tert-OH is 1. The van der Waals surface area contributed by atoms with Gasteiger partial charge >= 0.3 is 0 Å². The third-order valence-electron chi connectivity index (χ3n) is 6.28. The van der Waals surface area contributed by atoms with Crippen molar-refractivity contribution in [2.45, 2.75) is 29.6 Å². The monoisotopic (exact) mass is 584 g/mol. The Hall–Kier alpha value is -1.86. The number of fused-ring (bicyclic) bond motifs is 2. The molecule has 38 heavy (non-hydrogen) atoms. The van der Waals surface area contributed by atoms with Gasteiger partial charge in [0.2, 0.25) is 5.91 Å². The highest BCUT2D eigenvalue weighted by atomic mass is 35.5. The molecule has 1 saturated heterocycles. The van der Waals surface area contributed by atoms with Gasteiger partial charge in [0, 0.05) is 67.6 Å². The largest absolute Gasteiger partial charge is 0.395 e. The zero-order valence-electron chi connectivity index (χ0n) is 21.7. The number of carbonyl (C=O) groups is 1. The minimum atomic E-state index is -3.87. The van der Waals surface area contributed by atoms with E-state index in [4.69, 9.17) is 21.3 Å². The summed E-state index contributed by atoms with van der Waals surface area (Å²) in [4.78, 5) is 20.1. The number of hydrogen-bond donors (Lipinski definition) is 3. The van der Waals surface area contributed by atoms with Gasteiger partial charge < -0.3 is 20.2 Å². The molecule has 1 amide bonds. The summed E-state index contributed by atoms with van der Waals surface area (Å²) >= 11 is 8.12. The number of hydrogen-bond acceptors (Lipinski definition) is 8. The topological polar surface area (TPSA) is 113 Å². The van der Waals surface area contributed by atoms with E-state index in [2.05, 4.69) is 56.4 Å². The zero-order chi connectivity index (χ0) is 27.5. The highest BCUT2D eigenvalue weighted by Crippen LogP contribution is 2.48. The van der Waals surface area contributed by atoms with Gasteiger partial charge in [0.1, 0.15) is 0 Å². The van der Waals surface area contributed by atoms with E-state index in [9.17, 15) is 13.2 Å². The normalized spacial score (nSPS) is 15.7. The number of piperazine rings is 1. The molecule has 2 aromatic rings. The van der Waals surface area contributed by atoms with Gasteiger partial charge in [0.05, 0.1) is 23.7 Å². The fourth-order valence-corrected chi connectivity index (χ4v) is 6.14. The molecular formula is C26H37ClN4O5S2. The second-order valence-corrected chi connectivity index (χ2v) is 12.3. The molecule has 0 spiro atoms. The molecule has 2 heterocycles. The fourth-order valence-electron chi connectivity index (χ4n) is 4.39. The molecule has 0 radical (unpaired) electrons. The molecule has 0 aromatic heterocycles. The van der Waals surface area contributed by atoms with Crippen LogP contribution in [0.4, 0.5) is 11.4 Å². The van der Waals surface area contributed by atoms with Crippen LogP contribution in [-0.2, 0) is 14.9 Å². The molecule has 210 valence electrons. The number of nitrogens with one attached hydrogen (secondary N) is 1. The van der Waals surface area contributed by atoms with Crippen LogP contribution in [0.3, 0.4) is 0 Å². The first-order valence-corrected chi connectivity index (χ1v) is 15.6. The maximum Gasteiger partial charge on any atom is 0.264 e. The van der Waals surface area contributed by atoms with Crippen LogP contribution in [-0.4, -0.2) is 98.5 Å². The number of benzene rings is 2. The van der Waals surface area contributed by atoms with Gasteiger partial charge in [-0.15, -0.1) is 0 Å². The van der Waals surface area contributed by atoms with E-state index < -0.39 is 10.1 Å². The molecule has 2 aliphatic heterocycles. The third kappa shape index (κ3) is 10.0. The molecule has 3 N–H and O–H groups in total. The van der Waals surface area contributed by atoms with Crippen molar-refractivity contribution in [3.63, 3.8) is 0 Å². The van der Waals surface area contributed by atoms with E-state index in [0.717, 1.165) is 57.3 Å². The van der Waals surface area contributed by atoms with Gasteiger partial charge in [0.25, 0.3) is 10.1 Å². The van der Waals surface area contributed by atoms with Crippen molar-refractivity contribution >= 4 is 50.8 Å². The molecule has 1 fully saturated rings. The van der Waals surface area contributed by atoms with Crippen LogP contribution >= 0.6 is 23.4 Å². The lowest BCUT2D eigenvalue weighted by Gasteiger charge is -2.36. The Morgan fingerprint density at radius 1 is 0.974 bits per heavy atom. The van der Waals surface area contributed by atoms with Gasteiger partial charge in [0.15, 0.2) is 0 Å². The minimum absolute atomic E-state index is 0.208. The SMILES string of the molecule is CC(=O)NCCCS(=O)(=O)O.OCCN1CCN(CCCN2c3ccccc3Sc3ccc(Cl)cc32)CC1. The van der Waals surface area contributed by atoms with Gasteiger partial charge in [-0.3, -0.25) is 14.2 Å². The predicted octanol–water partition coefficient (Wildman–Crippen LogP) is 3.34. The first-order chi connectivity index (χ1) is 18.2. The number of anilines is 2. The van der Waals surface area contributed by atoms with Crippen molar-refractivity contribution in [1.82, 2.24) is 15.1 Å². The molecular weight excluding hydrogens is 548 g/mol. The van der Waals surface area contributed by atoms with E-state index in [1.165, 1.54) is 28.1 Å². The fraction of sp³-hybridized carbons (Fsp3) is 0.500. The Morgan fingerprint density at radius 3 is 2.29 bits per heavy atom. The van der Waals surface area contributed by atoms with Gasteiger partial charge in [-0.1, -0.05) is 35.5 Å². The molecule has 2 aromatic carbocycles. The first-order valence-electron chi connectivity index (χ1n) is 12.8. The van der Waals surface area contributed by atoms with E-state index in [1.807, 2.05) is 17.8 Å². The lowest BCUT2D eigenvalue weighted by atomic mass is 10.2. The van der Waals surface area contributed by atoms with Crippen LogP contribution < -0.4 is 10.2 Å². The smallest absolute Gasteiger partial charge is 0.264 e. The quantitative estimate of drug-likeness (QED) is 0.286. The van der Waals surface area contributed by atoms with Crippen molar-refractivity contribution in [2.24, 2.45) is 0 Å². The highest BCUT2D eigenvalue weighted by molar-refractivity contribution is 7.99. The highest BCUT2D eigenvalue weighted by Gasteiger charge is 2.23. The standard InChI is InChI=1S/C21H26ClN3OS.C5H11NO4S/c22-17-6-7-21-19(16-17)25(18-4-1-2-5-20(18)27-21)9-3-8-23-10-12-24(13-11-23)14-15-26;1-5(7)6-3-2-4-11(8,9)10/h1-2,4-7,16,26H,3,8-15H2;2-4H2,1H3,(H,6,7)(H,8,9,10). The van der Waals surface area contributed by atoms with Gasteiger partial charge in [-0.25, -0.2) is 0 Å². The molecule has 2 aliphatic rings. The van der Waals surface area contributed by atoms with Crippen molar-refractivity contribution < 1.29 is 22.9 Å². The van der Waals surface area contributed by atoms with Gasteiger partial charge in [-0.2, -0.15) is 8.42 Å². The van der Waals surface area contributed by atoms with E-state index in [1.54, 1.807) is 0 Å². The number of aliphatic hydroxyl groups is 1. The number of amides is 1. The van der Waals surface area contributed by atoms with Crippen LogP contribution in [0.1, 0.15) is 19.8 Å². The Bertz CT molecular complexity index is 1160. The molecule has 0 unspecified atom stereocenters. The lowest BCUT2D eigenvalue weighted by Crippen LogP contribution is -2.47. The predicted molar refractivity (Wildman–Crippen MR) is 153 cm³/mol. The van der Waals surface area contributed by atoms with Crippen LogP contribution in [0.5, 0.6) is 0 Å².